The van der Waals surface area contributed by atoms with Crippen LogP contribution in [0.4, 0.5) is 0 Å². The normalized spacial score (nSPS) is 10.0. The van der Waals surface area contributed by atoms with Crippen LogP contribution in [-0.4, -0.2) is 22.6 Å². The predicted octanol–water partition coefficient (Wildman–Crippen LogP) is 2.84. The minimum atomic E-state index is -1.05. The maximum atomic E-state index is 11.9. The molecule has 0 bridgehead atoms. The number of carbonyl (C=O) groups excluding carboxylic acids is 2. The van der Waals surface area contributed by atoms with Gasteiger partial charge in [0.2, 0.25) is 0 Å². The minimum Gasteiger partial charge on any atom is -0.478 e. The van der Waals surface area contributed by atoms with Gasteiger partial charge in [-0.05, 0) is 12.1 Å². The molecule has 0 heterocycles. The molecule has 0 radical (unpaired) electrons. The van der Waals surface area contributed by atoms with Crippen molar-refractivity contribution in [3.8, 4) is 0 Å². The molecule has 0 aliphatic carbocycles. The average Bonchev–Trinajstić information content (AvgIpc) is 2.48. The second-order valence-electron chi connectivity index (χ2n) is 4.27. The Balaban J connectivity index is 2.08. The lowest BCUT2D eigenvalue weighted by Gasteiger charge is -2.02. The van der Waals surface area contributed by atoms with Gasteiger partial charge in [0.1, 0.15) is 0 Å². The van der Waals surface area contributed by atoms with E-state index in [1.165, 1.54) is 24.3 Å². The van der Waals surface area contributed by atoms with E-state index in [-0.39, 0.29) is 23.6 Å². The van der Waals surface area contributed by atoms with Crippen LogP contribution in [0.15, 0.2) is 54.6 Å². The zero-order chi connectivity index (χ0) is 14.5. The Hall–Kier alpha value is -2.75. The van der Waals surface area contributed by atoms with E-state index >= 15 is 0 Å². The summed E-state index contributed by atoms with van der Waals surface area (Å²) in [4.78, 5) is 34.5. The zero-order valence-electron chi connectivity index (χ0n) is 10.6. The van der Waals surface area contributed by atoms with Crippen LogP contribution in [0.1, 0.15) is 37.5 Å². The van der Waals surface area contributed by atoms with Crippen molar-refractivity contribution >= 4 is 17.5 Å². The highest BCUT2D eigenvalue weighted by atomic mass is 16.4. The summed E-state index contributed by atoms with van der Waals surface area (Å²) in [6, 6.07) is 14.1. The molecule has 20 heavy (non-hydrogen) atoms. The quantitative estimate of drug-likeness (QED) is 0.668. The summed E-state index contributed by atoms with van der Waals surface area (Å²) in [6.07, 6.45) is -0.226. The van der Waals surface area contributed by atoms with Crippen molar-refractivity contribution in [3.63, 3.8) is 0 Å². The smallest absolute Gasteiger partial charge is 0.335 e. The van der Waals surface area contributed by atoms with Gasteiger partial charge >= 0.3 is 5.97 Å². The molecule has 2 rings (SSSR count). The Kier molecular flexibility index (Phi) is 4.05. The van der Waals surface area contributed by atoms with E-state index in [2.05, 4.69) is 0 Å². The minimum absolute atomic E-state index is 0.107. The number of ketones is 2. The molecule has 100 valence electrons. The maximum Gasteiger partial charge on any atom is 0.335 e. The van der Waals surface area contributed by atoms with Crippen LogP contribution in [0.2, 0.25) is 0 Å². The second-order valence-corrected chi connectivity index (χ2v) is 4.27. The van der Waals surface area contributed by atoms with E-state index in [1.54, 1.807) is 30.3 Å². The molecule has 0 aliphatic rings. The number of carboxylic acids is 1. The van der Waals surface area contributed by atoms with Crippen LogP contribution in [0.5, 0.6) is 0 Å². The van der Waals surface area contributed by atoms with E-state index in [1.807, 2.05) is 0 Å². The van der Waals surface area contributed by atoms with Gasteiger partial charge in [0.05, 0.1) is 12.0 Å². The molecule has 1 N–H and O–H groups in total. The molecule has 0 aromatic heterocycles. The van der Waals surface area contributed by atoms with Crippen molar-refractivity contribution in [1.29, 1.82) is 0 Å². The summed E-state index contributed by atoms with van der Waals surface area (Å²) in [6.45, 7) is 0. The predicted molar refractivity (Wildman–Crippen MR) is 73.1 cm³/mol. The van der Waals surface area contributed by atoms with E-state index in [9.17, 15) is 14.4 Å². The number of carboxylic acid groups (broad SMARTS) is 1. The number of aromatic carboxylic acids is 1. The van der Waals surface area contributed by atoms with Crippen LogP contribution in [0.3, 0.4) is 0 Å². The monoisotopic (exact) mass is 268 g/mol. The zero-order valence-corrected chi connectivity index (χ0v) is 10.6. The molecule has 2 aromatic carbocycles. The molecular formula is C16H12O4. The number of carbonyl (C=O) groups is 3. The number of rotatable bonds is 5. The third-order valence-electron chi connectivity index (χ3n) is 2.87. The molecule has 0 saturated carbocycles. The van der Waals surface area contributed by atoms with Gasteiger partial charge in [-0.1, -0.05) is 42.5 Å². The van der Waals surface area contributed by atoms with Gasteiger partial charge in [-0.15, -0.1) is 0 Å². The number of benzene rings is 2. The number of hydrogen-bond donors (Lipinski definition) is 1. The topological polar surface area (TPSA) is 71.4 Å². The Morgan fingerprint density at radius 3 is 1.65 bits per heavy atom. The first-order valence-corrected chi connectivity index (χ1v) is 6.03. The van der Waals surface area contributed by atoms with Crippen molar-refractivity contribution in [1.82, 2.24) is 0 Å². The highest BCUT2D eigenvalue weighted by Gasteiger charge is 2.14. The van der Waals surface area contributed by atoms with Gasteiger partial charge < -0.3 is 5.11 Å². The SMILES string of the molecule is O=C(O)c1ccc(C(=O)CC(=O)c2ccccc2)cc1. The Bertz CT molecular complexity index is 642. The van der Waals surface area contributed by atoms with Crippen molar-refractivity contribution in [2.75, 3.05) is 0 Å². The average molecular weight is 268 g/mol. The van der Waals surface area contributed by atoms with Gasteiger partial charge in [0, 0.05) is 11.1 Å². The Morgan fingerprint density at radius 2 is 1.15 bits per heavy atom. The van der Waals surface area contributed by atoms with Crippen LogP contribution in [0, 0.1) is 0 Å². The van der Waals surface area contributed by atoms with Crippen molar-refractivity contribution in [2.24, 2.45) is 0 Å². The largest absolute Gasteiger partial charge is 0.478 e. The molecular weight excluding hydrogens is 256 g/mol. The number of Topliss-reactive ketones (excluding diaryl/α,β-unsaturated/α-hetero) is 2. The Morgan fingerprint density at radius 1 is 0.700 bits per heavy atom. The van der Waals surface area contributed by atoms with Gasteiger partial charge in [-0.3, -0.25) is 9.59 Å². The summed E-state index contributed by atoms with van der Waals surface area (Å²) >= 11 is 0. The van der Waals surface area contributed by atoms with Crippen LogP contribution < -0.4 is 0 Å². The molecule has 2 aromatic rings. The molecule has 0 unspecified atom stereocenters. The van der Waals surface area contributed by atoms with Crippen molar-refractivity contribution in [2.45, 2.75) is 6.42 Å². The summed E-state index contributed by atoms with van der Waals surface area (Å²) in [7, 11) is 0. The fourth-order valence-corrected chi connectivity index (χ4v) is 1.77. The molecule has 0 amide bonds. The lowest BCUT2D eigenvalue weighted by atomic mass is 10.0. The fraction of sp³-hybridized carbons (Fsp3) is 0.0625. The van der Waals surface area contributed by atoms with E-state index in [0.717, 1.165) is 0 Å². The van der Waals surface area contributed by atoms with Gasteiger partial charge in [-0.25, -0.2) is 4.79 Å². The molecule has 0 spiro atoms. The first-order chi connectivity index (χ1) is 9.58. The van der Waals surface area contributed by atoms with Gasteiger partial charge in [-0.2, -0.15) is 0 Å². The molecule has 4 heteroatoms. The van der Waals surface area contributed by atoms with Crippen LogP contribution in [-0.2, 0) is 0 Å². The van der Waals surface area contributed by atoms with Crippen molar-refractivity contribution in [3.05, 3.63) is 71.3 Å². The highest BCUT2D eigenvalue weighted by Crippen LogP contribution is 2.10. The Labute approximate surface area is 115 Å². The maximum absolute atomic E-state index is 11.9. The van der Waals surface area contributed by atoms with Crippen molar-refractivity contribution < 1.29 is 19.5 Å². The summed E-state index contributed by atoms with van der Waals surface area (Å²) in [5.41, 5.74) is 0.929. The second kappa shape index (κ2) is 5.93. The highest BCUT2D eigenvalue weighted by molar-refractivity contribution is 6.13. The standard InChI is InChI=1S/C16H12O4/c17-14(11-4-2-1-3-5-11)10-15(18)12-6-8-13(9-7-12)16(19)20/h1-9H,10H2,(H,19,20). The molecule has 4 nitrogen and oxygen atoms in total. The molecule has 0 fully saturated rings. The lowest BCUT2D eigenvalue weighted by molar-refractivity contribution is 0.0695. The van der Waals surface area contributed by atoms with E-state index in [0.29, 0.717) is 11.1 Å². The lowest BCUT2D eigenvalue weighted by Crippen LogP contribution is -2.09. The third kappa shape index (κ3) is 3.17. The molecule has 0 aliphatic heterocycles. The van der Waals surface area contributed by atoms with Crippen LogP contribution >= 0.6 is 0 Å². The summed E-state index contributed by atoms with van der Waals surface area (Å²) in [5.74, 6) is -1.63. The molecule has 0 saturated heterocycles. The van der Waals surface area contributed by atoms with Gasteiger partial charge in [0.15, 0.2) is 11.6 Å². The van der Waals surface area contributed by atoms with E-state index < -0.39 is 5.97 Å². The third-order valence-corrected chi connectivity index (χ3v) is 2.87. The van der Waals surface area contributed by atoms with Crippen LogP contribution in [0.25, 0.3) is 0 Å². The van der Waals surface area contributed by atoms with E-state index in [4.69, 9.17) is 5.11 Å². The summed E-state index contributed by atoms with van der Waals surface area (Å²) in [5, 5.41) is 8.77. The number of hydrogen-bond acceptors (Lipinski definition) is 3. The fourth-order valence-electron chi connectivity index (χ4n) is 1.77. The first-order valence-electron chi connectivity index (χ1n) is 6.03. The van der Waals surface area contributed by atoms with Gasteiger partial charge in [0.25, 0.3) is 0 Å². The first kappa shape index (κ1) is 13.7. The summed E-state index contributed by atoms with van der Waals surface area (Å²) < 4.78 is 0. The molecule has 0 atom stereocenters.